The van der Waals surface area contributed by atoms with Gasteiger partial charge < -0.3 is 0 Å². The van der Waals surface area contributed by atoms with Crippen molar-refractivity contribution < 1.29 is 4.79 Å². The highest BCUT2D eigenvalue weighted by Crippen LogP contribution is 2.15. The Balaban J connectivity index is 1.98. The SMILES string of the molecule is CCCn1cc(C(=O)c2cnn3ccccc23)cn1. The quantitative estimate of drug-likeness (QED) is 0.670. The molecule has 5 heteroatoms. The van der Waals surface area contributed by atoms with Gasteiger partial charge in [-0.25, -0.2) is 4.52 Å². The normalized spacial score (nSPS) is 11.0. The van der Waals surface area contributed by atoms with Crippen molar-refractivity contribution in [1.29, 1.82) is 0 Å². The zero-order chi connectivity index (χ0) is 13.2. The molecule has 5 nitrogen and oxygen atoms in total. The van der Waals surface area contributed by atoms with E-state index in [1.165, 1.54) is 0 Å². The molecule has 19 heavy (non-hydrogen) atoms. The minimum Gasteiger partial charge on any atom is -0.288 e. The van der Waals surface area contributed by atoms with Crippen LogP contribution in [-0.2, 0) is 6.54 Å². The lowest BCUT2D eigenvalue weighted by Gasteiger charge is -1.96. The second-order valence-electron chi connectivity index (χ2n) is 4.41. The molecule has 0 aliphatic heterocycles. The van der Waals surface area contributed by atoms with Crippen molar-refractivity contribution in [3.05, 3.63) is 54.1 Å². The zero-order valence-electron chi connectivity index (χ0n) is 10.7. The summed E-state index contributed by atoms with van der Waals surface area (Å²) < 4.78 is 3.49. The van der Waals surface area contributed by atoms with Crippen molar-refractivity contribution in [3.8, 4) is 0 Å². The van der Waals surface area contributed by atoms with Gasteiger partial charge in [0.2, 0.25) is 0 Å². The number of hydrogen-bond acceptors (Lipinski definition) is 3. The highest BCUT2D eigenvalue weighted by molar-refractivity contribution is 6.12. The zero-order valence-corrected chi connectivity index (χ0v) is 10.7. The molecule has 0 aliphatic rings. The molecule has 96 valence electrons. The van der Waals surface area contributed by atoms with Gasteiger partial charge in [0.05, 0.1) is 29.0 Å². The Hall–Kier alpha value is -2.43. The van der Waals surface area contributed by atoms with Crippen LogP contribution in [0.15, 0.2) is 43.0 Å². The molecule has 0 saturated heterocycles. The highest BCUT2D eigenvalue weighted by Gasteiger charge is 2.16. The van der Waals surface area contributed by atoms with Crippen molar-refractivity contribution in [2.45, 2.75) is 19.9 Å². The summed E-state index contributed by atoms with van der Waals surface area (Å²) in [5.74, 6) is -0.0384. The minimum atomic E-state index is -0.0384. The molecule has 3 aromatic rings. The molecule has 0 N–H and O–H groups in total. The summed E-state index contributed by atoms with van der Waals surface area (Å²) >= 11 is 0. The number of nitrogens with zero attached hydrogens (tertiary/aromatic N) is 4. The molecule has 3 rings (SSSR count). The van der Waals surface area contributed by atoms with Crippen molar-refractivity contribution in [2.75, 3.05) is 0 Å². The largest absolute Gasteiger partial charge is 0.288 e. The molecule has 3 heterocycles. The van der Waals surface area contributed by atoms with E-state index in [1.807, 2.05) is 24.4 Å². The van der Waals surface area contributed by atoms with Crippen molar-refractivity contribution in [3.63, 3.8) is 0 Å². The van der Waals surface area contributed by atoms with Crippen LogP contribution in [0, 0.1) is 0 Å². The predicted octanol–water partition coefficient (Wildman–Crippen LogP) is 2.17. The van der Waals surface area contributed by atoms with E-state index in [4.69, 9.17) is 0 Å². The minimum absolute atomic E-state index is 0.0384. The molecule has 3 aromatic heterocycles. The molecular formula is C14H14N4O. The van der Waals surface area contributed by atoms with Crippen LogP contribution in [0.4, 0.5) is 0 Å². The van der Waals surface area contributed by atoms with Gasteiger partial charge in [0.25, 0.3) is 0 Å². The molecule has 0 atom stereocenters. The van der Waals surface area contributed by atoms with Gasteiger partial charge >= 0.3 is 0 Å². The van der Waals surface area contributed by atoms with E-state index < -0.39 is 0 Å². The van der Waals surface area contributed by atoms with Gasteiger partial charge in [0.15, 0.2) is 5.78 Å². The molecule has 0 aliphatic carbocycles. The van der Waals surface area contributed by atoms with E-state index >= 15 is 0 Å². The first-order valence-electron chi connectivity index (χ1n) is 6.29. The number of carbonyl (C=O) groups is 1. The number of fused-ring (bicyclic) bond motifs is 1. The standard InChI is InChI=1S/C14H14N4O/c1-2-6-17-10-11(8-15-17)14(19)12-9-16-18-7-4-3-5-13(12)18/h3-5,7-10H,2,6H2,1H3. The van der Waals surface area contributed by atoms with Crippen LogP contribution in [0.3, 0.4) is 0 Å². The average molecular weight is 254 g/mol. The maximum atomic E-state index is 12.4. The summed E-state index contributed by atoms with van der Waals surface area (Å²) in [6.45, 7) is 2.90. The lowest BCUT2D eigenvalue weighted by molar-refractivity contribution is 0.104. The van der Waals surface area contributed by atoms with Gasteiger partial charge in [0, 0.05) is 18.9 Å². The van der Waals surface area contributed by atoms with Crippen LogP contribution in [0.1, 0.15) is 29.3 Å². The number of pyridine rings is 1. The summed E-state index contributed by atoms with van der Waals surface area (Å²) in [7, 11) is 0. The van der Waals surface area contributed by atoms with E-state index in [0.29, 0.717) is 11.1 Å². The van der Waals surface area contributed by atoms with Gasteiger partial charge in [-0.05, 0) is 18.6 Å². The van der Waals surface area contributed by atoms with Crippen LogP contribution in [0.2, 0.25) is 0 Å². The molecule has 0 saturated carbocycles. The Labute approximate surface area is 110 Å². The van der Waals surface area contributed by atoms with Crippen LogP contribution < -0.4 is 0 Å². The second-order valence-corrected chi connectivity index (χ2v) is 4.41. The molecule has 0 bridgehead atoms. The summed E-state index contributed by atoms with van der Waals surface area (Å²) in [4.78, 5) is 12.4. The fraction of sp³-hybridized carbons (Fsp3) is 0.214. The van der Waals surface area contributed by atoms with Crippen LogP contribution in [0.25, 0.3) is 5.52 Å². The van der Waals surface area contributed by atoms with E-state index in [2.05, 4.69) is 17.1 Å². The topological polar surface area (TPSA) is 52.2 Å². The van der Waals surface area contributed by atoms with Crippen LogP contribution in [-0.4, -0.2) is 25.2 Å². The number of hydrogen-bond donors (Lipinski definition) is 0. The lowest BCUT2D eigenvalue weighted by atomic mass is 10.1. The third-order valence-corrected chi connectivity index (χ3v) is 3.02. The van der Waals surface area contributed by atoms with Crippen LogP contribution in [0.5, 0.6) is 0 Å². The van der Waals surface area contributed by atoms with Crippen LogP contribution >= 0.6 is 0 Å². The number of aryl methyl sites for hydroxylation is 1. The van der Waals surface area contributed by atoms with E-state index in [0.717, 1.165) is 18.5 Å². The van der Waals surface area contributed by atoms with Crippen molar-refractivity contribution in [1.82, 2.24) is 19.4 Å². The molecular weight excluding hydrogens is 240 g/mol. The number of ketones is 1. The van der Waals surface area contributed by atoms with Crippen molar-refractivity contribution >= 4 is 11.3 Å². The number of aromatic nitrogens is 4. The van der Waals surface area contributed by atoms with Gasteiger partial charge in [-0.3, -0.25) is 9.48 Å². The Kier molecular flexibility index (Phi) is 2.87. The first-order valence-corrected chi connectivity index (χ1v) is 6.29. The molecule has 0 spiro atoms. The first kappa shape index (κ1) is 11.6. The number of carbonyl (C=O) groups excluding carboxylic acids is 1. The van der Waals surface area contributed by atoms with Gasteiger partial charge in [-0.2, -0.15) is 10.2 Å². The fourth-order valence-electron chi connectivity index (χ4n) is 2.10. The smallest absolute Gasteiger partial charge is 0.199 e. The maximum Gasteiger partial charge on any atom is 0.199 e. The molecule has 0 radical (unpaired) electrons. The molecule has 0 unspecified atom stereocenters. The van der Waals surface area contributed by atoms with E-state index in [9.17, 15) is 4.79 Å². The van der Waals surface area contributed by atoms with E-state index in [1.54, 1.807) is 27.8 Å². The lowest BCUT2D eigenvalue weighted by Crippen LogP contribution is -2.00. The second kappa shape index (κ2) is 4.68. The summed E-state index contributed by atoms with van der Waals surface area (Å²) in [5, 5.41) is 8.36. The third kappa shape index (κ3) is 2.03. The Bertz CT molecular complexity index is 726. The number of rotatable bonds is 4. The summed E-state index contributed by atoms with van der Waals surface area (Å²) in [6, 6.07) is 5.67. The molecule has 0 aromatic carbocycles. The summed E-state index contributed by atoms with van der Waals surface area (Å²) in [5.41, 5.74) is 2.03. The van der Waals surface area contributed by atoms with E-state index in [-0.39, 0.29) is 5.78 Å². The molecule has 0 fully saturated rings. The molecule has 0 amide bonds. The maximum absolute atomic E-state index is 12.4. The third-order valence-electron chi connectivity index (χ3n) is 3.02. The Morgan fingerprint density at radius 2 is 2.16 bits per heavy atom. The average Bonchev–Trinajstić information content (AvgIpc) is 3.05. The van der Waals surface area contributed by atoms with Gasteiger partial charge in [-0.15, -0.1) is 0 Å². The highest BCUT2D eigenvalue weighted by atomic mass is 16.1. The monoisotopic (exact) mass is 254 g/mol. The first-order chi connectivity index (χ1) is 9.29. The van der Waals surface area contributed by atoms with Gasteiger partial charge in [0.1, 0.15) is 0 Å². The Morgan fingerprint density at radius 3 is 3.00 bits per heavy atom. The van der Waals surface area contributed by atoms with Crippen molar-refractivity contribution in [2.24, 2.45) is 0 Å². The predicted molar refractivity (Wildman–Crippen MR) is 71.1 cm³/mol. The van der Waals surface area contributed by atoms with Gasteiger partial charge in [-0.1, -0.05) is 13.0 Å². The fourth-order valence-corrected chi connectivity index (χ4v) is 2.10. The summed E-state index contributed by atoms with van der Waals surface area (Å²) in [6.07, 6.45) is 7.83. The Morgan fingerprint density at radius 1 is 1.26 bits per heavy atom.